The van der Waals surface area contributed by atoms with E-state index in [4.69, 9.17) is 0 Å². The van der Waals surface area contributed by atoms with E-state index in [1.165, 1.54) is 13.0 Å². The molecule has 0 unspecified atom stereocenters. The molecule has 9 heteroatoms. The van der Waals surface area contributed by atoms with E-state index in [0.717, 1.165) is 0 Å². The normalized spacial score (nSPS) is 18.4. The van der Waals surface area contributed by atoms with Crippen molar-refractivity contribution in [3.05, 3.63) is 23.0 Å². The van der Waals surface area contributed by atoms with Crippen LogP contribution in [0.1, 0.15) is 19.8 Å². The SMILES string of the molecule is CC1=CCCC(F)=C1COC(S)(C(F)(F)F)C(F)(F)F. The second-order valence-corrected chi connectivity index (χ2v) is 4.87. The molecular weight excluding hydrogens is 313 g/mol. The highest BCUT2D eigenvalue weighted by atomic mass is 32.1. The molecule has 0 aromatic rings. The van der Waals surface area contributed by atoms with Crippen molar-refractivity contribution in [3.8, 4) is 0 Å². The maximum Gasteiger partial charge on any atom is 0.436 e. The molecule has 0 amide bonds. The molecule has 0 atom stereocenters. The highest BCUT2D eigenvalue weighted by Crippen LogP contribution is 2.49. The van der Waals surface area contributed by atoms with Gasteiger partial charge in [0, 0.05) is 12.0 Å². The van der Waals surface area contributed by atoms with Crippen LogP contribution in [-0.4, -0.2) is 23.9 Å². The van der Waals surface area contributed by atoms with Crippen molar-refractivity contribution >= 4 is 12.6 Å². The number of hydrogen-bond donors (Lipinski definition) is 1. The molecule has 116 valence electrons. The minimum atomic E-state index is -5.78. The van der Waals surface area contributed by atoms with Gasteiger partial charge in [-0.3, -0.25) is 0 Å². The smallest absolute Gasteiger partial charge is 0.344 e. The zero-order valence-corrected chi connectivity index (χ0v) is 11.1. The topological polar surface area (TPSA) is 9.23 Å². The van der Waals surface area contributed by atoms with Gasteiger partial charge < -0.3 is 4.74 Å². The van der Waals surface area contributed by atoms with Gasteiger partial charge in [0.1, 0.15) is 5.83 Å². The summed E-state index contributed by atoms with van der Waals surface area (Å²) in [7, 11) is 0. The third-order valence-electron chi connectivity index (χ3n) is 2.81. The lowest BCUT2D eigenvalue weighted by molar-refractivity contribution is -0.337. The summed E-state index contributed by atoms with van der Waals surface area (Å²) >= 11 is 2.60. The monoisotopic (exact) mass is 324 g/mol. The quantitative estimate of drug-likeness (QED) is 0.449. The second kappa shape index (κ2) is 5.59. The first-order valence-electron chi connectivity index (χ1n) is 5.44. The van der Waals surface area contributed by atoms with E-state index in [2.05, 4.69) is 17.4 Å². The second-order valence-electron chi connectivity index (χ2n) is 4.24. The fourth-order valence-electron chi connectivity index (χ4n) is 1.60. The summed E-state index contributed by atoms with van der Waals surface area (Å²) in [4.78, 5) is -4.63. The van der Waals surface area contributed by atoms with Crippen LogP contribution in [0.5, 0.6) is 0 Å². The van der Waals surface area contributed by atoms with Crippen LogP contribution in [0.3, 0.4) is 0 Å². The van der Waals surface area contributed by atoms with E-state index in [0.29, 0.717) is 6.42 Å². The molecule has 0 fully saturated rings. The number of alkyl halides is 6. The number of rotatable bonds is 3. The maximum absolute atomic E-state index is 13.4. The lowest BCUT2D eigenvalue weighted by Gasteiger charge is -2.33. The van der Waals surface area contributed by atoms with E-state index in [1.807, 2.05) is 0 Å². The van der Waals surface area contributed by atoms with E-state index in [9.17, 15) is 30.7 Å². The Bertz CT molecular complexity index is 419. The van der Waals surface area contributed by atoms with Crippen LogP contribution in [0.25, 0.3) is 0 Å². The Morgan fingerprint density at radius 1 is 1.15 bits per heavy atom. The average Bonchev–Trinajstić information content (AvgIpc) is 2.24. The molecule has 0 heterocycles. The van der Waals surface area contributed by atoms with Gasteiger partial charge in [-0.05, 0) is 18.9 Å². The molecule has 0 bridgehead atoms. The largest absolute Gasteiger partial charge is 0.436 e. The Morgan fingerprint density at radius 3 is 2.05 bits per heavy atom. The van der Waals surface area contributed by atoms with Crippen molar-refractivity contribution in [3.63, 3.8) is 0 Å². The molecule has 20 heavy (non-hydrogen) atoms. The minimum absolute atomic E-state index is 0.0758. The van der Waals surface area contributed by atoms with Gasteiger partial charge in [0.15, 0.2) is 0 Å². The van der Waals surface area contributed by atoms with Crippen LogP contribution < -0.4 is 0 Å². The van der Waals surface area contributed by atoms with Crippen LogP contribution in [0.4, 0.5) is 30.7 Å². The van der Waals surface area contributed by atoms with Crippen LogP contribution in [0.2, 0.25) is 0 Å². The lowest BCUT2D eigenvalue weighted by atomic mass is 9.99. The Labute approximate surface area is 115 Å². The van der Waals surface area contributed by atoms with Crippen LogP contribution in [0.15, 0.2) is 23.0 Å². The minimum Gasteiger partial charge on any atom is -0.344 e. The molecule has 0 saturated heterocycles. The van der Waals surface area contributed by atoms with E-state index in [-0.39, 0.29) is 17.6 Å². The van der Waals surface area contributed by atoms with Gasteiger partial charge >= 0.3 is 17.3 Å². The van der Waals surface area contributed by atoms with Crippen LogP contribution in [-0.2, 0) is 4.74 Å². The molecule has 1 aliphatic carbocycles. The molecule has 1 aliphatic rings. The maximum atomic E-state index is 13.4. The van der Waals surface area contributed by atoms with E-state index >= 15 is 0 Å². The number of halogens is 7. The van der Waals surface area contributed by atoms with Gasteiger partial charge in [-0.1, -0.05) is 6.08 Å². The Hall–Kier alpha value is -0.700. The van der Waals surface area contributed by atoms with Crippen molar-refractivity contribution in [1.29, 1.82) is 0 Å². The summed E-state index contributed by atoms with van der Waals surface area (Å²) in [5.74, 6) is -0.773. The Balaban J connectivity index is 2.98. The third-order valence-corrected chi connectivity index (χ3v) is 3.45. The third kappa shape index (κ3) is 3.30. The predicted molar refractivity (Wildman–Crippen MR) is 60.9 cm³/mol. The fourth-order valence-corrected chi connectivity index (χ4v) is 1.66. The van der Waals surface area contributed by atoms with Crippen LogP contribution >= 0.6 is 12.6 Å². The molecule has 0 aromatic carbocycles. The van der Waals surface area contributed by atoms with Gasteiger partial charge in [-0.15, -0.1) is 12.6 Å². The van der Waals surface area contributed by atoms with Crippen molar-refractivity contribution in [2.24, 2.45) is 0 Å². The summed E-state index contributed by atoms with van der Waals surface area (Å²) in [6.45, 7) is 0.232. The molecule has 0 aliphatic heterocycles. The molecule has 1 nitrogen and oxygen atoms in total. The molecule has 0 spiro atoms. The highest BCUT2D eigenvalue weighted by molar-refractivity contribution is 7.81. The summed E-state index contributed by atoms with van der Waals surface area (Å²) in [6, 6.07) is 0. The van der Waals surface area contributed by atoms with Gasteiger partial charge in [0.25, 0.3) is 0 Å². The molecule has 1 rings (SSSR count). The van der Waals surface area contributed by atoms with Crippen molar-refractivity contribution in [2.75, 3.05) is 6.61 Å². The van der Waals surface area contributed by atoms with Gasteiger partial charge in [-0.25, -0.2) is 4.39 Å². The van der Waals surface area contributed by atoms with E-state index < -0.39 is 29.7 Å². The summed E-state index contributed by atoms with van der Waals surface area (Å²) in [5.41, 5.74) is -0.0445. The molecule has 0 aromatic heterocycles. The Kier molecular flexibility index (Phi) is 4.85. The van der Waals surface area contributed by atoms with Crippen LogP contribution in [0, 0.1) is 0 Å². The number of thiol groups is 1. The zero-order valence-electron chi connectivity index (χ0n) is 10.2. The zero-order chi connectivity index (χ0) is 15.8. The van der Waals surface area contributed by atoms with Crippen molar-refractivity contribution < 1.29 is 35.5 Å². The summed E-state index contributed by atoms with van der Waals surface area (Å²) in [6.07, 6.45) is -9.78. The summed E-state index contributed by atoms with van der Waals surface area (Å²) < 4.78 is 92.4. The molecule has 0 saturated carbocycles. The summed E-state index contributed by atoms with van der Waals surface area (Å²) in [5, 5.41) is 0. The first-order valence-corrected chi connectivity index (χ1v) is 5.89. The molecule has 0 N–H and O–H groups in total. The number of allylic oxidation sites excluding steroid dienone is 2. The number of hydrogen-bond acceptors (Lipinski definition) is 2. The predicted octanol–water partition coefficient (Wildman–Crippen LogP) is 4.72. The first-order chi connectivity index (χ1) is 8.90. The van der Waals surface area contributed by atoms with Crippen molar-refractivity contribution in [2.45, 2.75) is 37.1 Å². The fraction of sp³-hybridized carbons (Fsp3) is 0.636. The number of ether oxygens (including phenoxy) is 1. The van der Waals surface area contributed by atoms with Crippen molar-refractivity contribution in [1.82, 2.24) is 0 Å². The van der Waals surface area contributed by atoms with Gasteiger partial charge in [0.2, 0.25) is 0 Å². The molecule has 0 radical (unpaired) electrons. The first kappa shape index (κ1) is 17.4. The standard InChI is InChI=1S/C11H11F7OS/c1-6-3-2-4-8(12)7(6)5-19-9(20,10(13,14)15)11(16,17)18/h3,20H,2,4-5H2,1H3. The van der Waals surface area contributed by atoms with Gasteiger partial charge in [0.05, 0.1) is 6.61 Å². The highest BCUT2D eigenvalue weighted by Gasteiger charge is 2.70. The van der Waals surface area contributed by atoms with Gasteiger partial charge in [-0.2, -0.15) is 26.3 Å². The lowest BCUT2D eigenvalue weighted by Crippen LogP contribution is -2.54. The molecular formula is C11H11F7OS. The Morgan fingerprint density at radius 2 is 1.65 bits per heavy atom. The average molecular weight is 324 g/mol. The van der Waals surface area contributed by atoms with E-state index in [1.54, 1.807) is 0 Å².